The molecule has 4 N–H and O–H groups in total. The van der Waals surface area contributed by atoms with Crippen molar-refractivity contribution in [3.05, 3.63) is 40.6 Å². The monoisotopic (exact) mass is 388 g/mol. The summed E-state index contributed by atoms with van der Waals surface area (Å²) >= 11 is 0. The molecule has 0 amide bonds. The number of hydroxylamine groups is 1. The summed E-state index contributed by atoms with van der Waals surface area (Å²) in [6, 6.07) is 5.17. The molecule has 152 valence electrons. The minimum absolute atomic E-state index is 0.0785. The molecule has 28 heavy (non-hydrogen) atoms. The number of carbonyl (C=O) groups is 1. The molecule has 8 nitrogen and oxygen atoms in total. The van der Waals surface area contributed by atoms with Crippen LogP contribution in [0.15, 0.2) is 18.2 Å². The third-order valence-electron chi connectivity index (χ3n) is 4.62. The van der Waals surface area contributed by atoms with Gasteiger partial charge in [0.15, 0.2) is 5.82 Å². The number of aryl methyl sites for hydroxylation is 1. The van der Waals surface area contributed by atoms with Crippen molar-refractivity contribution in [3.8, 4) is 5.75 Å². The zero-order chi connectivity index (χ0) is 20.8. The number of benzene rings is 1. The van der Waals surface area contributed by atoms with E-state index in [-0.39, 0.29) is 18.4 Å². The molecule has 0 bridgehead atoms. The Kier molecular flexibility index (Phi) is 7.17. The largest absolute Gasteiger partial charge is 0.496 e. The van der Waals surface area contributed by atoms with Gasteiger partial charge in [0.05, 0.1) is 19.6 Å². The molecule has 1 heterocycles. The molecule has 0 radical (unpaired) electrons. The van der Waals surface area contributed by atoms with Gasteiger partial charge in [0, 0.05) is 17.7 Å². The predicted octanol–water partition coefficient (Wildman–Crippen LogP) is 2.98. The molecule has 0 saturated heterocycles. The van der Waals surface area contributed by atoms with E-state index in [4.69, 9.17) is 15.6 Å². The van der Waals surface area contributed by atoms with E-state index in [0.717, 1.165) is 29.0 Å². The van der Waals surface area contributed by atoms with E-state index in [2.05, 4.69) is 9.97 Å². The fourth-order valence-corrected chi connectivity index (χ4v) is 3.16. The van der Waals surface area contributed by atoms with Crippen molar-refractivity contribution < 1.29 is 19.8 Å². The molecule has 1 atom stereocenters. The third kappa shape index (κ3) is 5.10. The number of methoxy groups -OCH3 is 1. The number of aromatic nitrogens is 2. The van der Waals surface area contributed by atoms with Crippen molar-refractivity contribution in [3.63, 3.8) is 0 Å². The van der Waals surface area contributed by atoms with E-state index in [1.54, 1.807) is 12.1 Å². The van der Waals surface area contributed by atoms with Gasteiger partial charge in [0.2, 0.25) is 5.95 Å². The van der Waals surface area contributed by atoms with Gasteiger partial charge in [0.25, 0.3) is 0 Å². The quantitative estimate of drug-likeness (QED) is 0.561. The SMILES string of the molecule is CCCC(C)N(O)c1nc(N)nc(C)c1Cc1ccc(CC(=O)O)cc1OC. The number of nitrogens with zero attached hydrogens (tertiary/aromatic N) is 3. The second kappa shape index (κ2) is 9.36. The van der Waals surface area contributed by atoms with Gasteiger partial charge in [-0.2, -0.15) is 4.98 Å². The first-order chi connectivity index (χ1) is 13.3. The minimum atomic E-state index is -0.902. The van der Waals surface area contributed by atoms with Crippen LogP contribution in [-0.2, 0) is 17.6 Å². The molecule has 2 aromatic rings. The van der Waals surface area contributed by atoms with Gasteiger partial charge in [0.1, 0.15) is 5.75 Å². The summed E-state index contributed by atoms with van der Waals surface area (Å²) < 4.78 is 5.46. The first-order valence-electron chi connectivity index (χ1n) is 9.25. The summed E-state index contributed by atoms with van der Waals surface area (Å²) in [5.74, 6) is 0.151. The lowest BCUT2D eigenvalue weighted by atomic mass is 10.00. The Balaban J connectivity index is 2.44. The van der Waals surface area contributed by atoms with E-state index >= 15 is 0 Å². The van der Waals surface area contributed by atoms with E-state index in [1.807, 2.05) is 26.8 Å². The Morgan fingerprint density at radius 1 is 1.36 bits per heavy atom. The molecule has 0 aliphatic heterocycles. The van der Waals surface area contributed by atoms with Crippen molar-refractivity contribution in [1.82, 2.24) is 9.97 Å². The van der Waals surface area contributed by atoms with E-state index in [9.17, 15) is 10.0 Å². The van der Waals surface area contributed by atoms with Gasteiger partial charge in [-0.15, -0.1) is 0 Å². The number of nitrogens with two attached hydrogens (primary N) is 1. The number of rotatable bonds is 9. The molecule has 2 rings (SSSR count). The third-order valence-corrected chi connectivity index (χ3v) is 4.62. The lowest BCUT2D eigenvalue weighted by molar-refractivity contribution is -0.136. The minimum Gasteiger partial charge on any atom is -0.496 e. The molecular formula is C20H28N4O4. The first kappa shape index (κ1) is 21.4. The Hall–Kier alpha value is -2.87. The normalized spacial score (nSPS) is 11.9. The van der Waals surface area contributed by atoms with E-state index in [0.29, 0.717) is 29.2 Å². The van der Waals surface area contributed by atoms with Gasteiger partial charge in [-0.1, -0.05) is 25.5 Å². The van der Waals surface area contributed by atoms with Crippen molar-refractivity contribution in [2.45, 2.75) is 52.5 Å². The van der Waals surface area contributed by atoms with Crippen LogP contribution in [0.3, 0.4) is 0 Å². The molecule has 8 heteroatoms. The number of aliphatic carboxylic acids is 1. The molecule has 1 aromatic heterocycles. The highest BCUT2D eigenvalue weighted by Crippen LogP contribution is 2.30. The molecule has 0 fully saturated rings. The molecule has 1 unspecified atom stereocenters. The summed E-state index contributed by atoms with van der Waals surface area (Å²) in [7, 11) is 1.54. The summed E-state index contributed by atoms with van der Waals surface area (Å²) in [5, 5.41) is 20.8. The smallest absolute Gasteiger partial charge is 0.307 e. The molecule has 0 spiro atoms. The summed E-state index contributed by atoms with van der Waals surface area (Å²) in [6.07, 6.45) is 2.05. The number of carboxylic acids is 1. The zero-order valence-corrected chi connectivity index (χ0v) is 16.8. The Bertz CT molecular complexity index is 841. The standard InChI is InChI=1S/C20H28N4O4/c1-5-6-12(2)24(27)19-16(13(3)22-20(21)23-19)11-15-8-7-14(10-18(25)26)9-17(15)28-4/h7-9,12,27H,5-6,10-11H2,1-4H3,(H,25,26)(H2,21,22,23). The topological polar surface area (TPSA) is 122 Å². The maximum atomic E-state index is 11.0. The number of ether oxygens (including phenoxy) is 1. The van der Waals surface area contributed by atoms with Crippen LogP contribution in [-0.4, -0.2) is 39.4 Å². The first-order valence-corrected chi connectivity index (χ1v) is 9.25. The summed E-state index contributed by atoms with van der Waals surface area (Å²) in [6.45, 7) is 5.79. The highest BCUT2D eigenvalue weighted by atomic mass is 16.5. The average molecular weight is 388 g/mol. The molecule has 0 saturated carbocycles. The van der Waals surface area contributed by atoms with Crippen molar-refractivity contribution in [2.24, 2.45) is 0 Å². The number of anilines is 2. The highest BCUT2D eigenvalue weighted by Gasteiger charge is 2.21. The van der Waals surface area contributed by atoms with Gasteiger partial charge in [-0.25, -0.2) is 10.0 Å². The van der Waals surface area contributed by atoms with Crippen LogP contribution in [0, 0.1) is 6.92 Å². The zero-order valence-electron chi connectivity index (χ0n) is 16.8. The lowest BCUT2D eigenvalue weighted by Crippen LogP contribution is -2.31. The summed E-state index contributed by atoms with van der Waals surface area (Å²) in [4.78, 5) is 19.5. The number of nitrogen functional groups attached to an aromatic ring is 1. The lowest BCUT2D eigenvalue weighted by Gasteiger charge is -2.26. The number of hydrogen-bond donors (Lipinski definition) is 3. The molecule has 1 aromatic carbocycles. The molecule has 0 aliphatic carbocycles. The van der Waals surface area contributed by atoms with Crippen LogP contribution in [0.25, 0.3) is 0 Å². The maximum Gasteiger partial charge on any atom is 0.307 e. The highest BCUT2D eigenvalue weighted by molar-refractivity contribution is 5.70. The van der Waals surface area contributed by atoms with Crippen LogP contribution >= 0.6 is 0 Å². The Morgan fingerprint density at radius 2 is 2.07 bits per heavy atom. The Morgan fingerprint density at radius 3 is 2.68 bits per heavy atom. The second-order valence-electron chi connectivity index (χ2n) is 6.85. The number of carboxylic acid groups (broad SMARTS) is 1. The van der Waals surface area contributed by atoms with Crippen molar-refractivity contribution >= 4 is 17.7 Å². The van der Waals surface area contributed by atoms with Crippen LogP contribution in [0.1, 0.15) is 49.1 Å². The van der Waals surface area contributed by atoms with Crippen molar-refractivity contribution in [1.29, 1.82) is 0 Å². The van der Waals surface area contributed by atoms with Crippen LogP contribution < -0.4 is 15.5 Å². The molecular weight excluding hydrogens is 360 g/mol. The predicted molar refractivity (Wildman–Crippen MR) is 107 cm³/mol. The number of hydrogen-bond acceptors (Lipinski definition) is 7. The van der Waals surface area contributed by atoms with Gasteiger partial charge in [-0.05, 0) is 37.5 Å². The summed E-state index contributed by atoms with van der Waals surface area (Å²) in [5.41, 5.74) is 8.71. The van der Waals surface area contributed by atoms with E-state index < -0.39 is 5.97 Å². The van der Waals surface area contributed by atoms with Gasteiger partial charge in [-0.3, -0.25) is 10.0 Å². The van der Waals surface area contributed by atoms with Gasteiger partial charge < -0.3 is 15.6 Å². The van der Waals surface area contributed by atoms with Crippen LogP contribution in [0.5, 0.6) is 5.75 Å². The van der Waals surface area contributed by atoms with Gasteiger partial charge >= 0.3 is 5.97 Å². The maximum absolute atomic E-state index is 11.0. The second-order valence-corrected chi connectivity index (χ2v) is 6.85. The Labute approximate surface area is 164 Å². The van der Waals surface area contributed by atoms with Crippen molar-refractivity contribution in [2.75, 3.05) is 17.9 Å². The van der Waals surface area contributed by atoms with Crippen LogP contribution in [0.4, 0.5) is 11.8 Å². The fourth-order valence-electron chi connectivity index (χ4n) is 3.16. The molecule has 0 aliphatic rings. The van der Waals surface area contributed by atoms with Crippen LogP contribution in [0.2, 0.25) is 0 Å². The fraction of sp³-hybridized carbons (Fsp3) is 0.450. The van der Waals surface area contributed by atoms with E-state index in [1.165, 1.54) is 7.11 Å². The average Bonchev–Trinajstić information content (AvgIpc) is 2.63.